The van der Waals surface area contributed by atoms with Crippen LogP contribution in [-0.2, 0) is 6.54 Å². The molecular formula is C16H20N4O. The van der Waals surface area contributed by atoms with E-state index in [2.05, 4.69) is 17.9 Å². The number of nitrogens with zero attached hydrogens (tertiary/aromatic N) is 4. The summed E-state index contributed by atoms with van der Waals surface area (Å²) in [5.74, 6) is 1.77. The Balaban J connectivity index is 2.07. The summed E-state index contributed by atoms with van der Waals surface area (Å²) in [7, 11) is 1.65. The molecule has 0 radical (unpaired) electrons. The third kappa shape index (κ3) is 2.47. The number of fused-ring (bicyclic) bond motifs is 1. The van der Waals surface area contributed by atoms with Gasteiger partial charge in [-0.15, -0.1) is 0 Å². The van der Waals surface area contributed by atoms with Crippen molar-refractivity contribution < 1.29 is 4.74 Å². The van der Waals surface area contributed by atoms with Crippen LogP contribution in [0, 0.1) is 11.3 Å². The molecule has 5 heteroatoms. The Hall–Kier alpha value is -2.06. The quantitative estimate of drug-likeness (QED) is 0.866. The average molecular weight is 284 g/mol. The number of ether oxygens (including phenoxy) is 1. The van der Waals surface area contributed by atoms with Crippen molar-refractivity contribution in [1.82, 2.24) is 14.5 Å². The number of nitriles is 1. The van der Waals surface area contributed by atoms with E-state index in [0.717, 1.165) is 35.7 Å². The van der Waals surface area contributed by atoms with Crippen molar-refractivity contribution >= 4 is 11.0 Å². The zero-order valence-corrected chi connectivity index (χ0v) is 12.5. The highest BCUT2D eigenvalue weighted by atomic mass is 16.5. The second-order valence-corrected chi connectivity index (χ2v) is 5.49. The first kappa shape index (κ1) is 13.9. The lowest BCUT2D eigenvalue weighted by Gasteiger charge is -2.23. The van der Waals surface area contributed by atoms with E-state index in [1.165, 1.54) is 12.8 Å². The van der Waals surface area contributed by atoms with E-state index in [4.69, 9.17) is 15.0 Å². The predicted molar refractivity (Wildman–Crippen MR) is 81.1 cm³/mol. The van der Waals surface area contributed by atoms with Crippen LogP contribution >= 0.6 is 0 Å². The number of rotatable bonds is 4. The monoisotopic (exact) mass is 284 g/mol. The Morgan fingerprint density at radius 2 is 2.14 bits per heavy atom. The minimum atomic E-state index is 0.235. The maximum absolute atomic E-state index is 9.13. The summed E-state index contributed by atoms with van der Waals surface area (Å²) in [5, 5.41) is 9.13. The van der Waals surface area contributed by atoms with E-state index in [1.54, 1.807) is 7.11 Å². The number of methoxy groups -OCH3 is 1. The van der Waals surface area contributed by atoms with Crippen LogP contribution < -0.4 is 4.74 Å². The molecule has 0 saturated carbocycles. The van der Waals surface area contributed by atoms with Crippen LogP contribution in [0.1, 0.15) is 31.6 Å². The number of likely N-dealkylation sites (tertiary alicyclic amines) is 1. The van der Waals surface area contributed by atoms with E-state index in [-0.39, 0.29) is 6.04 Å². The molecule has 2 heterocycles. The molecule has 21 heavy (non-hydrogen) atoms. The van der Waals surface area contributed by atoms with Crippen LogP contribution in [0.15, 0.2) is 18.2 Å². The van der Waals surface area contributed by atoms with Crippen molar-refractivity contribution in [1.29, 1.82) is 5.26 Å². The van der Waals surface area contributed by atoms with E-state index < -0.39 is 0 Å². The summed E-state index contributed by atoms with van der Waals surface area (Å²) in [6.45, 7) is 4.73. The number of benzene rings is 1. The third-order valence-electron chi connectivity index (χ3n) is 4.28. The first-order valence-electron chi connectivity index (χ1n) is 7.39. The lowest BCUT2D eigenvalue weighted by molar-refractivity contribution is 0.249. The summed E-state index contributed by atoms with van der Waals surface area (Å²) in [6.07, 6.45) is 2.49. The van der Waals surface area contributed by atoms with Crippen LogP contribution in [-0.4, -0.2) is 34.7 Å². The maximum atomic E-state index is 9.13. The maximum Gasteiger partial charge on any atom is 0.127 e. The molecule has 1 atom stereocenters. The molecule has 1 unspecified atom stereocenters. The van der Waals surface area contributed by atoms with Gasteiger partial charge in [-0.3, -0.25) is 4.90 Å². The largest absolute Gasteiger partial charge is 0.497 e. The average Bonchev–Trinajstić information content (AvgIpc) is 3.14. The molecule has 1 aliphatic rings. The molecule has 110 valence electrons. The molecule has 1 aromatic carbocycles. The third-order valence-corrected chi connectivity index (χ3v) is 4.28. The second-order valence-electron chi connectivity index (χ2n) is 5.49. The molecule has 0 bridgehead atoms. The Morgan fingerprint density at radius 3 is 2.81 bits per heavy atom. The van der Waals surface area contributed by atoms with Crippen LogP contribution in [0.3, 0.4) is 0 Å². The van der Waals surface area contributed by atoms with Gasteiger partial charge in [-0.1, -0.05) is 0 Å². The SMILES string of the molecule is COc1ccc2c(c1)nc(C(C)N1CCCC1)n2CC#N. The summed E-state index contributed by atoms with van der Waals surface area (Å²) in [6, 6.07) is 8.32. The molecule has 1 saturated heterocycles. The Kier molecular flexibility index (Phi) is 3.80. The van der Waals surface area contributed by atoms with Crippen LogP contribution in [0.4, 0.5) is 0 Å². The topological polar surface area (TPSA) is 54.1 Å². The summed E-state index contributed by atoms with van der Waals surface area (Å²) < 4.78 is 7.29. The summed E-state index contributed by atoms with van der Waals surface area (Å²) in [4.78, 5) is 7.21. The van der Waals surface area contributed by atoms with Gasteiger partial charge in [0.25, 0.3) is 0 Å². The minimum Gasteiger partial charge on any atom is -0.497 e. The van der Waals surface area contributed by atoms with E-state index in [1.807, 2.05) is 22.8 Å². The van der Waals surface area contributed by atoms with Gasteiger partial charge in [0.15, 0.2) is 0 Å². The smallest absolute Gasteiger partial charge is 0.127 e. The van der Waals surface area contributed by atoms with Crippen LogP contribution in [0.5, 0.6) is 5.75 Å². The zero-order valence-electron chi connectivity index (χ0n) is 12.5. The fraction of sp³-hybridized carbons (Fsp3) is 0.500. The summed E-state index contributed by atoms with van der Waals surface area (Å²) in [5.41, 5.74) is 1.89. The van der Waals surface area contributed by atoms with Gasteiger partial charge in [-0.05, 0) is 45.0 Å². The Morgan fingerprint density at radius 1 is 1.38 bits per heavy atom. The lowest BCUT2D eigenvalue weighted by atomic mass is 10.2. The molecule has 0 spiro atoms. The highest BCUT2D eigenvalue weighted by Gasteiger charge is 2.24. The van der Waals surface area contributed by atoms with Crippen LogP contribution in [0.2, 0.25) is 0 Å². The van der Waals surface area contributed by atoms with Crippen molar-refractivity contribution in [3.8, 4) is 11.8 Å². The van der Waals surface area contributed by atoms with Crippen LogP contribution in [0.25, 0.3) is 11.0 Å². The zero-order chi connectivity index (χ0) is 14.8. The van der Waals surface area contributed by atoms with Gasteiger partial charge in [-0.25, -0.2) is 4.98 Å². The molecule has 0 aliphatic carbocycles. The highest BCUT2D eigenvalue weighted by Crippen LogP contribution is 2.29. The number of imidazole rings is 1. The van der Waals surface area contributed by atoms with Gasteiger partial charge in [0.2, 0.25) is 0 Å². The molecular weight excluding hydrogens is 264 g/mol. The number of hydrogen-bond donors (Lipinski definition) is 0. The van der Waals surface area contributed by atoms with Gasteiger partial charge in [0, 0.05) is 6.07 Å². The number of hydrogen-bond acceptors (Lipinski definition) is 4. The summed E-state index contributed by atoms with van der Waals surface area (Å²) >= 11 is 0. The van der Waals surface area contributed by atoms with Crippen molar-refractivity contribution in [2.45, 2.75) is 32.4 Å². The van der Waals surface area contributed by atoms with Gasteiger partial charge >= 0.3 is 0 Å². The molecule has 1 aromatic heterocycles. The first-order chi connectivity index (χ1) is 10.2. The van der Waals surface area contributed by atoms with Gasteiger partial charge in [0.05, 0.1) is 30.3 Å². The second kappa shape index (κ2) is 5.74. The molecule has 0 amide bonds. The van der Waals surface area contributed by atoms with E-state index in [9.17, 15) is 0 Å². The molecule has 5 nitrogen and oxygen atoms in total. The minimum absolute atomic E-state index is 0.235. The van der Waals surface area contributed by atoms with E-state index in [0.29, 0.717) is 6.54 Å². The van der Waals surface area contributed by atoms with Crippen molar-refractivity contribution in [3.63, 3.8) is 0 Å². The molecule has 2 aromatic rings. The normalized spacial score (nSPS) is 17.0. The molecule has 3 rings (SSSR count). The first-order valence-corrected chi connectivity index (χ1v) is 7.39. The van der Waals surface area contributed by atoms with Gasteiger partial charge < -0.3 is 9.30 Å². The lowest BCUT2D eigenvalue weighted by Crippen LogP contribution is -2.26. The number of aromatic nitrogens is 2. The van der Waals surface area contributed by atoms with Crippen molar-refractivity contribution in [2.24, 2.45) is 0 Å². The van der Waals surface area contributed by atoms with Gasteiger partial charge in [-0.2, -0.15) is 5.26 Å². The molecule has 0 N–H and O–H groups in total. The Labute approximate surface area is 124 Å². The predicted octanol–water partition coefficient (Wildman–Crippen LogP) is 2.73. The fourth-order valence-electron chi connectivity index (χ4n) is 3.10. The molecule has 1 aliphatic heterocycles. The van der Waals surface area contributed by atoms with Crippen molar-refractivity contribution in [2.75, 3.05) is 20.2 Å². The highest BCUT2D eigenvalue weighted by molar-refractivity contribution is 5.78. The van der Waals surface area contributed by atoms with E-state index >= 15 is 0 Å². The standard InChI is InChI=1S/C16H20N4O/c1-12(19-8-3-4-9-19)16-18-14-11-13(21-2)5-6-15(14)20(16)10-7-17/h5-6,11-12H,3-4,8-10H2,1-2H3. The fourth-order valence-corrected chi connectivity index (χ4v) is 3.10. The molecule has 1 fully saturated rings. The van der Waals surface area contributed by atoms with Gasteiger partial charge in [0.1, 0.15) is 18.1 Å². The Bertz CT molecular complexity index is 679. The van der Waals surface area contributed by atoms with Crippen molar-refractivity contribution in [3.05, 3.63) is 24.0 Å².